The molecule has 0 amide bonds. The van der Waals surface area contributed by atoms with E-state index >= 15 is 0 Å². The molecule has 0 atom stereocenters. The summed E-state index contributed by atoms with van der Waals surface area (Å²) in [6, 6.07) is 2.83. The maximum atomic E-state index is 11.2. The summed E-state index contributed by atoms with van der Waals surface area (Å²) >= 11 is 5.46. The van der Waals surface area contributed by atoms with Crippen molar-refractivity contribution in [3.05, 3.63) is 38.9 Å². The van der Waals surface area contributed by atoms with Gasteiger partial charge in [-0.15, -0.1) is 0 Å². The molecule has 1 aliphatic carbocycles. The minimum Gasteiger partial charge on any atom is -0.276 e. The van der Waals surface area contributed by atoms with Crippen LogP contribution in [0.4, 0.5) is 5.69 Å². The lowest BCUT2D eigenvalue weighted by Gasteiger charge is -2.17. The van der Waals surface area contributed by atoms with Crippen molar-refractivity contribution in [1.82, 2.24) is 0 Å². The van der Waals surface area contributed by atoms with Gasteiger partial charge in [-0.25, -0.2) is 0 Å². The van der Waals surface area contributed by atoms with Gasteiger partial charge in [0.2, 0.25) is 0 Å². The summed E-state index contributed by atoms with van der Waals surface area (Å²) in [5.74, 6) is 0. The first-order valence-electron chi connectivity index (χ1n) is 5.10. The zero-order valence-electron chi connectivity index (χ0n) is 8.53. The molecule has 0 radical (unpaired) electrons. The minimum atomic E-state index is -0.534. The van der Waals surface area contributed by atoms with E-state index in [2.05, 4.69) is 0 Å². The third kappa shape index (κ3) is 1.80. The fraction of sp³-hybridized carbons (Fsp3) is 0.364. The Morgan fingerprint density at radius 3 is 2.44 bits per heavy atom. The predicted molar refractivity (Wildman–Crippen MR) is 59.9 cm³/mol. The maximum Gasteiger partial charge on any atom is 0.272 e. The fourth-order valence-electron chi connectivity index (χ4n) is 2.20. The van der Waals surface area contributed by atoms with Gasteiger partial charge in [-0.2, -0.15) is 0 Å². The van der Waals surface area contributed by atoms with Crippen LogP contribution in [0.15, 0.2) is 12.1 Å². The Morgan fingerprint density at radius 2 is 1.88 bits per heavy atom. The first-order chi connectivity index (χ1) is 7.61. The van der Waals surface area contributed by atoms with Gasteiger partial charge in [0, 0.05) is 17.2 Å². The molecule has 84 valence electrons. The number of rotatable bonds is 2. The van der Waals surface area contributed by atoms with Crippen LogP contribution in [0.1, 0.15) is 34.3 Å². The van der Waals surface area contributed by atoms with Crippen molar-refractivity contribution in [1.29, 1.82) is 0 Å². The smallest absolute Gasteiger partial charge is 0.272 e. The number of fused-ring (bicyclic) bond motifs is 1. The van der Waals surface area contributed by atoms with Crippen molar-refractivity contribution >= 4 is 22.5 Å². The summed E-state index contributed by atoms with van der Waals surface area (Å²) in [5.41, 5.74) is 1.97. The SMILES string of the molecule is O=C(Cl)c1ccc([N+](=O)[O-])c2c1CCCC2. The Bertz CT molecular complexity index is 428. The Balaban J connectivity index is 2.63. The van der Waals surface area contributed by atoms with Crippen molar-refractivity contribution in [3.63, 3.8) is 0 Å². The van der Waals surface area contributed by atoms with Gasteiger partial charge in [0.05, 0.1) is 4.92 Å². The van der Waals surface area contributed by atoms with Crippen molar-refractivity contribution in [2.45, 2.75) is 25.7 Å². The molecular formula is C11H10ClNO3. The van der Waals surface area contributed by atoms with Gasteiger partial charge in [-0.1, -0.05) is 0 Å². The summed E-state index contributed by atoms with van der Waals surface area (Å²) in [7, 11) is 0. The summed E-state index contributed by atoms with van der Waals surface area (Å²) in [6.07, 6.45) is 3.23. The predicted octanol–water partition coefficient (Wildman–Crippen LogP) is 2.85. The van der Waals surface area contributed by atoms with Crippen LogP contribution in [-0.2, 0) is 12.8 Å². The second kappa shape index (κ2) is 4.22. The Kier molecular flexibility index (Phi) is 2.92. The number of hydrogen-bond acceptors (Lipinski definition) is 3. The lowest BCUT2D eigenvalue weighted by molar-refractivity contribution is -0.385. The lowest BCUT2D eigenvalue weighted by atomic mass is 9.87. The van der Waals surface area contributed by atoms with Crippen LogP contribution < -0.4 is 0 Å². The van der Waals surface area contributed by atoms with E-state index in [0.29, 0.717) is 24.0 Å². The molecule has 0 saturated heterocycles. The standard InChI is InChI=1S/C11H10ClNO3/c12-11(14)9-5-6-10(13(15)16)8-4-2-1-3-7(8)9/h5-6H,1-4H2. The minimum absolute atomic E-state index is 0.108. The van der Waals surface area contributed by atoms with Gasteiger partial charge >= 0.3 is 0 Å². The molecule has 0 aliphatic heterocycles. The summed E-state index contributed by atoms with van der Waals surface area (Å²) in [4.78, 5) is 21.6. The highest BCUT2D eigenvalue weighted by molar-refractivity contribution is 6.68. The topological polar surface area (TPSA) is 60.2 Å². The molecule has 0 unspecified atom stereocenters. The molecule has 0 fully saturated rings. The van der Waals surface area contributed by atoms with Gasteiger partial charge in [-0.05, 0) is 48.9 Å². The molecule has 0 heterocycles. The number of benzene rings is 1. The number of hydrogen-bond donors (Lipinski definition) is 0. The quantitative estimate of drug-likeness (QED) is 0.453. The van der Waals surface area contributed by atoms with E-state index < -0.39 is 10.2 Å². The molecule has 4 nitrogen and oxygen atoms in total. The van der Waals surface area contributed by atoms with E-state index in [1.165, 1.54) is 12.1 Å². The number of carbonyl (C=O) groups is 1. The van der Waals surface area contributed by atoms with Crippen LogP contribution in [0, 0.1) is 10.1 Å². The summed E-state index contributed by atoms with van der Waals surface area (Å²) < 4.78 is 0. The zero-order valence-corrected chi connectivity index (χ0v) is 9.29. The van der Waals surface area contributed by atoms with Crippen LogP contribution in [-0.4, -0.2) is 10.2 Å². The average molecular weight is 240 g/mol. The van der Waals surface area contributed by atoms with E-state index in [-0.39, 0.29) is 5.69 Å². The Hall–Kier alpha value is -1.42. The molecule has 16 heavy (non-hydrogen) atoms. The molecule has 0 N–H and O–H groups in total. The fourth-order valence-corrected chi connectivity index (χ4v) is 2.38. The van der Waals surface area contributed by atoms with E-state index in [4.69, 9.17) is 11.6 Å². The lowest BCUT2D eigenvalue weighted by Crippen LogP contribution is -2.10. The van der Waals surface area contributed by atoms with Crippen LogP contribution >= 0.6 is 11.6 Å². The first kappa shape index (κ1) is 11.1. The molecule has 1 aromatic carbocycles. The number of nitrogens with zero attached hydrogens (tertiary/aromatic N) is 1. The zero-order chi connectivity index (χ0) is 11.7. The Labute approximate surface area is 97.4 Å². The molecule has 1 aromatic rings. The highest BCUT2D eigenvalue weighted by atomic mass is 35.5. The summed E-state index contributed by atoms with van der Waals surface area (Å²) in [5, 5.41) is 10.3. The van der Waals surface area contributed by atoms with E-state index in [1.807, 2.05) is 0 Å². The molecular weight excluding hydrogens is 230 g/mol. The molecule has 0 bridgehead atoms. The van der Waals surface area contributed by atoms with Crippen LogP contribution in [0.25, 0.3) is 0 Å². The third-order valence-electron chi connectivity index (χ3n) is 2.92. The van der Waals surface area contributed by atoms with Crippen LogP contribution in [0.5, 0.6) is 0 Å². The van der Waals surface area contributed by atoms with Gasteiger partial charge < -0.3 is 0 Å². The van der Waals surface area contributed by atoms with Crippen molar-refractivity contribution < 1.29 is 9.72 Å². The van der Waals surface area contributed by atoms with Gasteiger partial charge in [-0.3, -0.25) is 14.9 Å². The molecule has 2 rings (SSSR count). The molecule has 0 aromatic heterocycles. The van der Waals surface area contributed by atoms with Crippen LogP contribution in [0.2, 0.25) is 0 Å². The monoisotopic (exact) mass is 239 g/mol. The van der Waals surface area contributed by atoms with Crippen molar-refractivity contribution in [2.24, 2.45) is 0 Å². The van der Waals surface area contributed by atoms with E-state index in [9.17, 15) is 14.9 Å². The van der Waals surface area contributed by atoms with Crippen molar-refractivity contribution in [2.75, 3.05) is 0 Å². The average Bonchev–Trinajstić information content (AvgIpc) is 2.27. The molecule has 5 heteroatoms. The van der Waals surface area contributed by atoms with E-state index in [0.717, 1.165) is 18.4 Å². The first-order valence-corrected chi connectivity index (χ1v) is 5.48. The second-order valence-electron chi connectivity index (χ2n) is 3.83. The highest BCUT2D eigenvalue weighted by Gasteiger charge is 2.24. The van der Waals surface area contributed by atoms with Crippen LogP contribution in [0.3, 0.4) is 0 Å². The summed E-state index contributed by atoms with van der Waals surface area (Å²) in [6.45, 7) is 0. The van der Waals surface area contributed by atoms with E-state index in [1.54, 1.807) is 0 Å². The normalized spacial score (nSPS) is 14.3. The largest absolute Gasteiger partial charge is 0.276 e. The van der Waals surface area contributed by atoms with Gasteiger partial charge in [0.25, 0.3) is 10.9 Å². The maximum absolute atomic E-state index is 11.2. The molecule has 1 aliphatic rings. The number of nitro benzene ring substituents is 1. The Morgan fingerprint density at radius 1 is 1.25 bits per heavy atom. The van der Waals surface area contributed by atoms with Gasteiger partial charge in [0.1, 0.15) is 0 Å². The number of nitro groups is 1. The number of halogens is 1. The number of carbonyl (C=O) groups excluding carboxylic acids is 1. The molecule has 0 spiro atoms. The molecule has 0 saturated carbocycles. The highest BCUT2D eigenvalue weighted by Crippen LogP contribution is 2.32. The third-order valence-corrected chi connectivity index (χ3v) is 3.12. The van der Waals surface area contributed by atoms with Crippen molar-refractivity contribution in [3.8, 4) is 0 Å². The second-order valence-corrected chi connectivity index (χ2v) is 4.17. The van der Waals surface area contributed by atoms with Gasteiger partial charge in [0.15, 0.2) is 0 Å².